The Kier molecular flexibility index (Phi) is 1.84. The molecular weight excluding hydrogens is 210 g/mol. The van der Waals surface area contributed by atoms with Crippen molar-refractivity contribution in [1.82, 2.24) is 0 Å². The van der Waals surface area contributed by atoms with Crippen molar-refractivity contribution in [3.05, 3.63) is 0 Å². The van der Waals surface area contributed by atoms with Gasteiger partial charge in [-0.3, -0.25) is 14.4 Å². The molecule has 2 aliphatic rings. The predicted molar refractivity (Wildman–Crippen MR) is 53.8 cm³/mol. The number of hydrogen-bond donors (Lipinski definition) is 1. The summed E-state index contributed by atoms with van der Waals surface area (Å²) in [7, 11) is 0. The van der Waals surface area contributed by atoms with Crippen molar-refractivity contribution in [1.29, 1.82) is 0 Å². The second-order valence-corrected chi connectivity index (χ2v) is 5.40. The molecule has 0 radical (unpaired) electrons. The van der Waals surface area contributed by atoms with Gasteiger partial charge in [0, 0.05) is 5.41 Å². The fraction of sp³-hybridized carbons (Fsp3) is 0.727. The molecule has 5 heteroatoms. The molecule has 16 heavy (non-hydrogen) atoms. The first-order chi connectivity index (χ1) is 7.20. The van der Waals surface area contributed by atoms with Gasteiger partial charge in [0.25, 0.3) is 0 Å². The maximum absolute atomic E-state index is 11.8. The highest BCUT2D eigenvalue weighted by atomic mass is 16.6. The van der Waals surface area contributed by atoms with Crippen molar-refractivity contribution >= 4 is 17.8 Å². The topological polar surface area (TPSA) is 86.5 Å². The van der Waals surface area contributed by atoms with E-state index < -0.39 is 34.1 Å². The lowest BCUT2D eigenvalue weighted by Crippen LogP contribution is -2.61. The van der Waals surface area contributed by atoms with E-state index >= 15 is 0 Å². The van der Waals surface area contributed by atoms with Crippen LogP contribution in [0.1, 0.15) is 33.6 Å². The molecule has 1 saturated carbocycles. The standard InChI is InChI=1S/C11H15NO4/c1-9(2)10(3)4-5-11(9,6(12)13)8(15)16-7(10)14/h4-5H2,1-3H3,(H2,12,13)/t10-,11-/m0/s1. The van der Waals surface area contributed by atoms with Crippen molar-refractivity contribution in [3.8, 4) is 0 Å². The highest BCUT2D eigenvalue weighted by molar-refractivity contribution is 6.10. The van der Waals surface area contributed by atoms with Crippen molar-refractivity contribution in [2.24, 2.45) is 22.0 Å². The van der Waals surface area contributed by atoms with Crippen molar-refractivity contribution in [3.63, 3.8) is 0 Å². The first-order valence-corrected chi connectivity index (χ1v) is 5.27. The zero-order valence-corrected chi connectivity index (χ0v) is 9.62. The predicted octanol–water partition coefficient (Wildman–Crippen LogP) is 0.368. The first kappa shape index (κ1) is 11.1. The van der Waals surface area contributed by atoms with E-state index in [0.29, 0.717) is 6.42 Å². The quantitative estimate of drug-likeness (QED) is 0.516. The normalized spacial score (nSPS) is 40.7. The third-order valence-electron chi connectivity index (χ3n) is 4.85. The molecule has 5 nitrogen and oxygen atoms in total. The number of primary amides is 1. The SMILES string of the molecule is CC1(C)[C@]2(C(N)=O)CC[C@@]1(C)C(=O)OC2=O. The van der Waals surface area contributed by atoms with E-state index in [1.165, 1.54) is 0 Å². The van der Waals surface area contributed by atoms with Crippen LogP contribution < -0.4 is 5.73 Å². The second-order valence-electron chi connectivity index (χ2n) is 5.40. The van der Waals surface area contributed by atoms with Gasteiger partial charge in [-0.2, -0.15) is 0 Å². The van der Waals surface area contributed by atoms with Gasteiger partial charge in [0.05, 0.1) is 5.41 Å². The Morgan fingerprint density at radius 2 is 1.75 bits per heavy atom. The summed E-state index contributed by atoms with van der Waals surface area (Å²) in [6, 6.07) is 0. The fourth-order valence-corrected chi connectivity index (χ4v) is 3.06. The number of nitrogens with two attached hydrogens (primary N) is 1. The van der Waals surface area contributed by atoms with Crippen LogP contribution in [-0.2, 0) is 19.1 Å². The number of cyclic esters (lactones) is 2. The van der Waals surface area contributed by atoms with Gasteiger partial charge in [0.1, 0.15) is 0 Å². The van der Waals surface area contributed by atoms with Crippen molar-refractivity contribution < 1.29 is 19.1 Å². The van der Waals surface area contributed by atoms with Gasteiger partial charge in [-0.15, -0.1) is 0 Å². The molecule has 2 N–H and O–H groups in total. The van der Waals surface area contributed by atoms with E-state index in [1.54, 1.807) is 20.8 Å². The lowest BCUT2D eigenvalue weighted by atomic mass is 9.57. The summed E-state index contributed by atoms with van der Waals surface area (Å²) in [6.07, 6.45) is 0.740. The fourth-order valence-electron chi connectivity index (χ4n) is 3.06. The Labute approximate surface area is 93.3 Å². The number of amides is 1. The lowest BCUT2D eigenvalue weighted by Gasteiger charge is -2.47. The highest BCUT2D eigenvalue weighted by Crippen LogP contribution is 2.65. The maximum Gasteiger partial charge on any atom is 0.329 e. The molecule has 88 valence electrons. The Morgan fingerprint density at radius 3 is 2.25 bits per heavy atom. The van der Waals surface area contributed by atoms with Crippen LogP contribution in [0, 0.1) is 16.2 Å². The van der Waals surface area contributed by atoms with E-state index in [0.717, 1.165) is 0 Å². The third-order valence-corrected chi connectivity index (χ3v) is 4.85. The zero-order chi connectivity index (χ0) is 12.4. The van der Waals surface area contributed by atoms with Gasteiger partial charge < -0.3 is 10.5 Å². The minimum atomic E-state index is -1.35. The molecule has 0 aromatic rings. The number of carbonyl (C=O) groups is 3. The third kappa shape index (κ3) is 0.817. The Balaban J connectivity index is 2.69. The van der Waals surface area contributed by atoms with Crippen LogP contribution in [0.5, 0.6) is 0 Å². The minimum absolute atomic E-state index is 0.288. The Morgan fingerprint density at radius 1 is 1.19 bits per heavy atom. The molecule has 0 unspecified atom stereocenters. The number of rotatable bonds is 1. The largest absolute Gasteiger partial charge is 0.392 e. The van der Waals surface area contributed by atoms with E-state index in [1.807, 2.05) is 0 Å². The molecule has 1 aliphatic carbocycles. The molecule has 0 aromatic carbocycles. The zero-order valence-electron chi connectivity index (χ0n) is 9.62. The number of ether oxygens (including phenoxy) is 1. The van der Waals surface area contributed by atoms with Gasteiger partial charge in [0.15, 0.2) is 5.41 Å². The number of fused-ring (bicyclic) bond motifs is 2. The van der Waals surface area contributed by atoms with Crippen LogP contribution >= 0.6 is 0 Å². The lowest BCUT2D eigenvalue weighted by molar-refractivity contribution is -0.196. The molecule has 1 aliphatic heterocycles. The Bertz CT molecular complexity index is 414. The summed E-state index contributed by atoms with van der Waals surface area (Å²) in [5, 5.41) is 0. The molecule has 2 bridgehead atoms. The van der Waals surface area contributed by atoms with Gasteiger partial charge in [0.2, 0.25) is 5.91 Å². The van der Waals surface area contributed by atoms with E-state index in [9.17, 15) is 14.4 Å². The number of hydrogen-bond acceptors (Lipinski definition) is 4. The molecule has 2 atom stereocenters. The smallest absolute Gasteiger partial charge is 0.329 e. The van der Waals surface area contributed by atoms with Crippen LogP contribution in [0.2, 0.25) is 0 Å². The van der Waals surface area contributed by atoms with Gasteiger partial charge >= 0.3 is 11.9 Å². The van der Waals surface area contributed by atoms with Gasteiger partial charge in [-0.25, -0.2) is 0 Å². The van der Waals surface area contributed by atoms with E-state index in [2.05, 4.69) is 0 Å². The van der Waals surface area contributed by atoms with Crippen LogP contribution in [0.15, 0.2) is 0 Å². The maximum atomic E-state index is 11.8. The second kappa shape index (κ2) is 2.64. The molecule has 2 fully saturated rings. The summed E-state index contributed by atoms with van der Waals surface area (Å²) in [5.74, 6) is -2.03. The number of esters is 2. The summed E-state index contributed by atoms with van der Waals surface area (Å²) >= 11 is 0. The van der Waals surface area contributed by atoms with Crippen LogP contribution in [0.4, 0.5) is 0 Å². The molecular formula is C11H15NO4. The average molecular weight is 225 g/mol. The van der Waals surface area contributed by atoms with E-state index in [4.69, 9.17) is 10.5 Å². The molecule has 1 amide bonds. The van der Waals surface area contributed by atoms with Gasteiger partial charge in [-0.1, -0.05) is 13.8 Å². The Hall–Kier alpha value is -1.39. The molecule has 1 saturated heterocycles. The van der Waals surface area contributed by atoms with Crippen LogP contribution in [-0.4, -0.2) is 17.8 Å². The molecule has 1 heterocycles. The van der Waals surface area contributed by atoms with Gasteiger partial charge in [-0.05, 0) is 19.8 Å². The average Bonchev–Trinajstić information content (AvgIpc) is 2.29. The van der Waals surface area contributed by atoms with E-state index in [-0.39, 0.29) is 6.42 Å². The highest BCUT2D eigenvalue weighted by Gasteiger charge is 2.74. The summed E-state index contributed by atoms with van der Waals surface area (Å²) in [5.41, 5.74) is 2.40. The molecule has 2 rings (SSSR count). The molecule has 0 aromatic heterocycles. The van der Waals surface area contributed by atoms with Crippen LogP contribution in [0.25, 0.3) is 0 Å². The first-order valence-electron chi connectivity index (χ1n) is 5.27. The summed E-state index contributed by atoms with van der Waals surface area (Å²) in [4.78, 5) is 35.2. The summed E-state index contributed by atoms with van der Waals surface area (Å²) in [6.45, 7) is 5.21. The van der Waals surface area contributed by atoms with Crippen molar-refractivity contribution in [2.75, 3.05) is 0 Å². The number of carbonyl (C=O) groups excluding carboxylic acids is 3. The monoisotopic (exact) mass is 225 g/mol. The molecule has 0 spiro atoms. The summed E-state index contributed by atoms with van der Waals surface area (Å²) < 4.78 is 4.70. The minimum Gasteiger partial charge on any atom is -0.392 e. The van der Waals surface area contributed by atoms with Crippen LogP contribution in [0.3, 0.4) is 0 Å². The van der Waals surface area contributed by atoms with Crippen molar-refractivity contribution in [2.45, 2.75) is 33.6 Å².